The molecule has 0 saturated heterocycles. The van der Waals surface area contributed by atoms with Gasteiger partial charge in [-0.15, -0.1) is 0 Å². The molecule has 0 aliphatic heterocycles. The van der Waals surface area contributed by atoms with Gasteiger partial charge >= 0.3 is 0 Å². The van der Waals surface area contributed by atoms with E-state index in [4.69, 9.17) is 9.47 Å². The number of rotatable bonds is 7. The number of benzene rings is 2. The zero-order chi connectivity index (χ0) is 16.5. The minimum atomic E-state index is -0.321. The average Bonchev–Trinajstić information content (AvgIpc) is 2.61. The van der Waals surface area contributed by atoms with Gasteiger partial charge in [-0.05, 0) is 24.1 Å². The van der Waals surface area contributed by atoms with Crippen molar-refractivity contribution in [3.63, 3.8) is 0 Å². The number of nitrogens with one attached hydrogen (secondary N) is 1. The van der Waals surface area contributed by atoms with Gasteiger partial charge in [0.1, 0.15) is 0 Å². The first-order chi connectivity index (χ1) is 11.2. The van der Waals surface area contributed by atoms with Crippen molar-refractivity contribution in [3.8, 4) is 11.5 Å². The van der Waals surface area contributed by atoms with Gasteiger partial charge in [-0.25, -0.2) is 5.43 Å². The molecule has 0 aromatic heterocycles. The fraction of sp³-hybridized carbons (Fsp3) is 0.222. The Morgan fingerprint density at radius 1 is 1.04 bits per heavy atom. The lowest BCUT2D eigenvalue weighted by Crippen LogP contribution is -2.26. The zero-order valence-corrected chi connectivity index (χ0v) is 13.3. The summed E-state index contributed by atoms with van der Waals surface area (Å²) in [6, 6.07) is 16.9. The highest BCUT2D eigenvalue weighted by atomic mass is 16.5. The number of methoxy groups -OCH3 is 1. The van der Waals surface area contributed by atoms with Crippen molar-refractivity contribution in [2.75, 3.05) is 13.7 Å². The van der Waals surface area contributed by atoms with E-state index in [2.05, 4.69) is 10.5 Å². The molecule has 0 spiro atoms. The first-order valence-electron chi connectivity index (χ1n) is 7.41. The maximum Gasteiger partial charge on any atom is 0.277 e. The normalized spacial score (nSPS) is 11.0. The fourth-order valence-corrected chi connectivity index (χ4v) is 2.02. The molecule has 0 fully saturated rings. The lowest BCUT2D eigenvalue weighted by atomic mass is 10.1. The monoisotopic (exact) mass is 312 g/mol. The van der Waals surface area contributed by atoms with Crippen LogP contribution in [0.25, 0.3) is 0 Å². The number of hydrazone groups is 1. The van der Waals surface area contributed by atoms with Crippen LogP contribution in [0.2, 0.25) is 0 Å². The fourth-order valence-electron chi connectivity index (χ4n) is 2.02. The number of carbonyl (C=O) groups is 1. The maximum absolute atomic E-state index is 11.9. The topological polar surface area (TPSA) is 59.9 Å². The second kappa shape index (κ2) is 8.58. The third-order valence-corrected chi connectivity index (χ3v) is 3.19. The Kier molecular flexibility index (Phi) is 6.17. The molecular formula is C18H20N2O3. The number of hydrogen-bond acceptors (Lipinski definition) is 4. The summed E-state index contributed by atoms with van der Waals surface area (Å²) in [4.78, 5) is 11.9. The van der Waals surface area contributed by atoms with Crippen molar-refractivity contribution >= 4 is 11.6 Å². The number of amides is 1. The summed E-state index contributed by atoms with van der Waals surface area (Å²) in [6.07, 6.45) is 0.720. The first kappa shape index (κ1) is 16.5. The molecule has 5 nitrogen and oxygen atoms in total. The molecule has 0 radical (unpaired) electrons. The third kappa shape index (κ3) is 4.85. The Morgan fingerprint density at radius 2 is 1.70 bits per heavy atom. The minimum absolute atomic E-state index is 0.129. The van der Waals surface area contributed by atoms with Gasteiger partial charge in [0, 0.05) is 0 Å². The molecule has 1 N–H and O–H groups in total. The van der Waals surface area contributed by atoms with E-state index in [-0.39, 0.29) is 12.5 Å². The molecule has 2 aromatic carbocycles. The molecule has 0 heterocycles. The van der Waals surface area contributed by atoms with E-state index in [1.54, 1.807) is 19.2 Å². The van der Waals surface area contributed by atoms with Gasteiger partial charge < -0.3 is 9.47 Å². The molecular weight excluding hydrogens is 292 g/mol. The summed E-state index contributed by atoms with van der Waals surface area (Å²) in [5.74, 6) is 0.785. The predicted octanol–water partition coefficient (Wildman–Crippen LogP) is 3.00. The van der Waals surface area contributed by atoms with Crippen molar-refractivity contribution in [2.45, 2.75) is 13.3 Å². The van der Waals surface area contributed by atoms with Crippen molar-refractivity contribution < 1.29 is 14.3 Å². The summed E-state index contributed by atoms with van der Waals surface area (Å²) in [7, 11) is 1.56. The van der Waals surface area contributed by atoms with Crippen molar-refractivity contribution in [2.24, 2.45) is 5.10 Å². The van der Waals surface area contributed by atoms with Crippen LogP contribution in [0.15, 0.2) is 59.7 Å². The van der Waals surface area contributed by atoms with E-state index < -0.39 is 0 Å². The van der Waals surface area contributed by atoms with Crippen molar-refractivity contribution in [3.05, 3.63) is 60.2 Å². The Labute approximate surface area is 135 Å². The molecule has 2 aromatic rings. The molecule has 0 unspecified atom stereocenters. The van der Waals surface area contributed by atoms with Crippen LogP contribution in [-0.2, 0) is 4.79 Å². The number of hydrogen-bond donors (Lipinski definition) is 1. The molecule has 5 heteroatoms. The molecule has 23 heavy (non-hydrogen) atoms. The van der Waals surface area contributed by atoms with Crippen molar-refractivity contribution in [1.29, 1.82) is 0 Å². The van der Waals surface area contributed by atoms with Gasteiger partial charge in [-0.2, -0.15) is 5.10 Å². The lowest BCUT2D eigenvalue weighted by Gasteiger charge is -2.09. The van der Waals surface area contributed by atoms with Crippen LogP contribution < -0.4 is 14.9 Å². The van der Waals surface area contributed by atoms with E-state index in [1.165, 1.54) is 0 Å². The highest BCUT2D eigenvalue weighted by Gasteiger charge is 2.07. The van der Waals surface area contributed by atoms with E-state index in [0.29, 0.717) is 11.5 Å². The molecule has 0 bridgehead atoms. The van der Waals surface area contributed by atoms with Gasteiger partial charge in [0.25, 0.3) is 5.91 Å². The second-order valence-electron chi connectivity index (χ2n) is 4.75. The Balaban J connectivity index is 1.93. The Morgan fingerprint density at radius 3 is 2.35 bits per heavy atom. The number of ether oxygens (including phenoxy) is 2. The number of nitrogens with zero attached hydrogens (tertiary/aromatic N) is 1. The quantitative estimate of drug-likeness (QED) is 0.631. The molecule has 0 aliphatic carbocycles. The summed E-state index contributed by atoms with van der Waals surface area (Å²) >= 11 is 0. The van der Waals surface area contributed by atoms with Gasteiger partial charge in [0.15, 0.2) is 18.1 Å². The number of para-hydroxylation sites is 2. The maximum atomic E-state index is 11.9. The third-order valence-electron chi connectivity index (χ3n) is 3.19. The van der Waals surface area contributed by atoms with Gasteiger partial charge in [0.05, 0.1) is 12.8 Å². The lowest BCUT2D eigenvalue weighted by molar-refractivity contribution is -0.123. The summed E-state index contributed by atoms with van der Waals surface area (Å²) in [5.41, 5.74) is 4.33. The van der Waals surface area contributed by atoms with Crippen LogP contribution in [0, 0.1) is 0 Å². The van der Waals surface area contributed by atoms with Crippen LogP contribution in [0.1, 0.15) is 18.9 Å². The van der Waals surface area contributed by atoms with Gasteiger partial charge in [-0.3, -0.25) is 4.79 Å². The van der Waals surface area contributed by atoms with Crippen molar-refractivity contribution in [1.82, 2.24) is 5.43 Å². The summed E-state index contributed by atoms with van der Waals surface area (Å²) < 4.78 is 10.6. The SMILES string of the molecule is CCC(=NNC(=O)COc1ccccc1OC)c1ccccc1. The summed E-state index contributed by atoms with van der Waals surface area (Å²) in [6.45, 7) is 1.86. The van der Waals surface area contributed by atoms with E-state index >= 15 is 0 Å². The largest absolute Gasteiger partial charge is 0.493 e. The molecule has 0 saturated carbocycles. The molecule has 1 amide bonds. The Hall–Kier alpha value is -2.82. The first-order valence-corrected chi connectivity index (χ1v) is 7.41. The van der Waals surface area contributed by atoms with Gasteiger partial charge in [0.2, 0.25) is 0 Å². The van der Waals surface area contributed by atoms with Crippen LogP contribution in [0.3, 0.4) is 0 Å². The Bertz CT molecular complexity index is 669. The predicted molar refractivity (Wildman–Crippen MR) is 89.9 cm³/mol. The van der Waals surface area contributed by atoms with E-state index in [9.17, 15) is 4.79 Å². The smallest absolute Gasteiger partial charge is 0.277 e. The molecule has 2 rings (SSSR count). The molecule has 0 aliphatic rings. The molecule has 120 valence electrons. The second-order valence-corrected chi connectivity index (χ2v) is 4.75. The zero-order valence-electron chi connectivity index (χ0n) is 13.3. The van der Waals surface area contributed by atoms with Crippen LogP contribution in [0.5, 0.6) is 11.5 Å². The van der Waals surface area contributed by atoms with Crippen LogP contribution in [0.4, 0.5) is 0 Å². The van der Waals surface area contributed by atoms with Crippen LogP contribution >= 0.6 is 0 Å². The average molecular weight is 312 g/mol. The van der Waals surface area contributed by atoms with Crippen LogP contribution in [-0.4, -0.2) is 25.3 Å². The minimum Gasteiger partial charge on any atom is -0.493 e. The standard InChI is InChI=1S/C18H20N2O3/c1-3-15(14-9-5-4-6-10-14)19-20-18(21)13-23-17-12-8-7-11-16(17)22-2/h4-12H,3,13H2,1-2H3,(H,20,21). The van der Waals surface area contributed by atoms with E-state index in [0.717, 1.165) is 17.7 Å². The number of carbonyl (C=O) groups excluding carboxylic acids is 1. The molecule has 0 atom stereocenters. The summed E-state index contributed by atoms with van der Waals surface area (Å²) in [5, 5.41) is 4.17. The highest BCUT2D eigenvalue weighted by molar-refractivity contribution is 6.00. The van der Waals surface area contributed by atoms with E-state index in [1.807, 2.05) is 49.4 Å². The highest BCUT2D eigenvalue weighted by Crippen LogP contribution is 2.25. The van der Waals surface area contributed by atoms with Gasteiger partial charge in [-0.1, -0.05) is 49.4 Å².